The van der Waals surface area contributed by atoms with E-state index >= 15 is 0 Å². The molecule has 8 nitrogen and oxygen atoms in total. The average Bonchev–Trinajstić information content (AvgIpc) is 2.82. The van der Waals surface area contributed by atoms with Crippen LogP contribution in [-0.2, 0) is 26.2 Å². The van der Waals surface area contributed by atoms with Crippen LogP contribution in [0, 0.1) is 0 Å². The van der Waals surface area contributed by atoms with Crippen LogP contribution >= 0.6 is 23.2 Å². The van der Waals surface area contributed by atoms with Crippen molar-refractivity contribution in [1.82, 2.24) is 10.2 Å². The summed E-state index contributed by atoms with van der Waals surface area (Å²) < 4.78 is 31.5. The molecule has 0 fully saturated rings. The predicted octanol–water partition coefficient (Wildman–Crippen LogP) is 4.10. The summed E-state index contributed by atoms with van der Waals surface area (Å²) in [6.45, 7) is 3.78. The molecule has 2 aromatic carbocycles. The molecule has 192 valence electrons. The van der Waals surface area contributed by atoms with Gasteiger partial charge in [0.1, 0.15) is 18.3 Å². The maximum atomic E-state index is 13.6. The molecule has 0 heterocycles. The molecule has 0 aliphatic rings. The van der Waals surface area contributed by atoms with Crippen molar-refractivity contribution in [3.63, 3.8) is 0 Å². The molecule has 1 atom stereocenters. The lowest BCUT2D eigenvalue weighted by Gasteiger charge is -2.33. The van der Waals surface area contributed by atoms with E-state index in [1.54, 1.807) is 25.1 Å². The number of hydrogen-bond acceptors (Lipinski definition) is 5. The number of nitrogens with one attached hydrogen (secondary N) is 1. The third-order valence-electron chi connectivity index (χ3n) is 5.29. The van der Waals surface area contributed by atoms with Crippen LogP contribution < -0.4 is 14.4 Å². The number of ether oxygens (including phenoxy) is 1. The number of benzene rings is 2. The number of nitrogens with zero attached hydrogens (tertiary/aromatic N) is 2. The molecule has 2 amide bonds. The van der Waals surface area contributed by atoms with Crippen molar-refractivity contribution in [2.24, 2.45) is 0 Å². The number of methoxy groups -OCH3 is 1. The Kier molecular flexibility index (Phi) is 10.7. The van der Waals surface area contributed by atoms with Crippen LogP contribution in [0.1, 0.15) is 32.3 Å². The largest absolute Gasteiger partial charge is 0.497 e. The van der Waals surface area contributed by atoms with E-state index in [1.165, 1.54) is 30.2 Å². The quantitative estimate of drug-likeness (QED) is 0.434. The van der Waals surface area contributed by atoms with Gasteiger partial charge in [-0.25, -0.2) is 8.42 Å². The van der Waals surface area contributed by atoms with Crippen molar-refractivity contribution < 1.29 is 22.7 Å². The highest BCUT2D eigenvalue weighted by molar-refractivity contribution is 7.92. The molecule has 35 heavy (non-hydrogen) atoms. The van der Waals surface area contributed by atoms with E-state index in [1.807, 2.05) is 13.0 Å². The number of rotatable bonds is 12. The number of anilines is 1. The molecule has 0 unspecified atom stereocenters. The monoisotopic (exact) mass is 543 g/mol. The molecule has 0 aliphatic heterocycles. The third-order valence-corrected chi connectivity index (χ3v) is 7.17. The van der Waals surface area contributed by atoms with Crippen LogP contribution in [0.15, 0.2) is 42.5 Å². The summed E-state index contributed by atoms with van der Waals surface area (Å²) in [4.78, 5) is 27.9. The lowest BCUT2D eigenvalue weighted by atomic mass is 10.1. The minimum absolute atomic E-state index is 0.0903. The topological polar surface area (TPSA) is 96.0 Å². The molecular formula is C24H31Cl2N3O5S. The van der Waals surface area contributed by atoms with E-state index in [0.29, 0.717) is 18.7 Å². The van der Waals surface area contributed by atoms with E-state index in [-0.39, 0.29) is 28.2 Å². The highest BCUT2D eigenvalue weighted by Crippen LogP contribution is 2.29. The smallest absolute Gasteiger partial charge is 0.244 e. The first-order valence-electron chi connectivity index (χ1n) is 11.1. The van der Waals surface area contributed by atoms with Gasteiger partial charge in [-0.3, -0.25) is 13.9 Å². The van der Waals surface area contributed by atoms with Crippen molar-refractivity contribution in [3.05, 3.63) is 58.1 Å². The zero-order valence-corrected chi connectivity index (χ0v) is 22.6. The summed E-state index contributed by atoms with van der Waals surface area (Å²) in [5.74, 6) is -0.235. The molecule has 0 bridgehead atoms. The van der Waals surface area contributed by atoms with Gasteiger partial charge in [-0.1, -0.05) is 49.2 Å². The van der Waals surface area contributed by atoms with Gasteiger partial charge in [0.2, 0.25) is 21.8 Å². The van der Waals surface area contributed by atoms with E-state index in [9.17, 15) is 18.0 Å². The first-order valence-corrected chi connectivity index (χ1v) is 13.7. The van der Waals surface area contributed by atoms with Crippen molar-refractivity contribution >= 4 is 50.7 Å². The number of amides is 2. The fourth-order valence-electron chi connectivity index (χ4n) is 3.51. The Bertz CT molecular complexity index is 1140. The van der Waals surface area contributed by atoms with Crippen LogP contribution in [0.25, 0.3) is 0 Å². The second kappa shape index (κ2) is 13.0. The summed E-state index contributed by atoms with van der Waals surface area (Å²) in [5, 5.41) is 3.25. The second-order valence-corrected chi connectivity index (χ2v) is 10.7. The Labute approximate surface area is 217 Å². The normalized spacial score (nSPS) is 12.1. The SMILES string of the molecule is CCCNC(=O)[C@H](CC)N(Cc1cccc(OC)c1)C(=O)CN(c1ccc(Cl)c(Cl)c1)S(C)(=O)=O. The van der Waals surface area contributed by atoms with Crippen LogP contribution in [0.5, 0.6) is 5.75 Å². The predicted molar refractivity (Wildman–Crippen MR) is 140 cm³/mol. The molecule has 1 N–H and O–H groups in total. The molecule has 0 aromatic heterocycles. The highest BCUT2D eigenvalue weighted by atomic mass is 35.5. The lowest BCUT2D eigenvalue weighted by molar-refractivity contribution is -0.140. The van der Waals surface area contributed by atoms with E-state index in [2.05, 4.69) is 5.32 Å². The Balaban J connectivity index is 2.45. The Hall–Kier alpha value is -2.49. The number of carbonyl (C=O) groups is 2. The van der Waals surface area contributed by atoms with Gasteiger partial charge in [0, 0.05) is 13.1 Å². The molecule has 0 saturated carbocycles. The van der Waals surface area contributed by atoms with Gasteiger partial charge in [-0.15, -0.1) is 0 Å². The lowest BCUT2D eigenvalue weighted by Crippen LogP contribution is -2.52. The van der Waals surface area contributed by atoms with Crippen LogP contribution in [-0.4, -0.2) is 57.6 Å². The Morgan fingerprint density at radius 1 is 1.09 bits per heavy atom. The maximum Gasteiger partial charge on any atom is 0.244 e. The number of sulfonamides is 1. The average molecular weight is 545 g/mol. The van der Waals surface area contributed by atoms with Crippen LogP contribution in [0.3, 0.4) is 0 Å². The molecule has 0 spiro atoms. The fourth-order valence-corrected chi connectivity index (χ4v) is 4.64. The van der Waals surface area contributed by atoms with Crippen LogP contribution in [0.2, 0.25) is 10.0 Å². The molecular weight excluding hydrogens is 513 g/mol. The minimum atomic E-state index is -3.86. The van der Waals surface area contributed by atoms with E-state index < -0.39 is 28.5 Å². The van der Waals surface area contributed by atoms with Gasteiger partial charge in [-0.2, -0.15) is 0 Å². The molecule has 0 radical (unpaired) electrons. The van der Waals surface area contributed by atoms with Gasteiger partial charge in [0.15, 0.2) is 0 Å². The van der Waals surface area contributed by atoms with E-state index in [4.69, 9.17) is 27.9 Å². The maximum absolute atomic E-state index is 13.6. The Morgan fingerprint density at radius 3 is 2.37 bits per heavy atom. The summed E-state index contributed by atoms with van der Waals surface area (Å²) >= 11 is 12.1. The third kappa shape index (κ3) is 8.02. The van der Waals surface area contributed by atoms with Crippen molar-refractivity contribution in [2.45, 2.75) is 39.3 Å². The van der Waals surface area contributed by atoms with Gasteiger partial charge >= 0.3 is 0 Å². The van der Waals surface area contributed by atoms with Crippen molar-refractivity contribution in [1.29, 1.82) is 0 Å². The molecule has 0 saturated heterocycles. The zero-order chi connectivity index (χ0) is 26.2. The van der Waals surface area contributed by atoms with Gasteiger partial charge in [0.05, 0.1) is 29.1 Å². The standard InChI is InChI=1S/C24H31Cl2N3O5S/c1-5-12-27-24(31)22(6-2)28(15-17-8-7-9-19(13-17)34-3)23(30)16-29(35(4,32)33)18-10-11-20(25)21(26)14-18/h7-11,13-14,22H,5-6,12,15-16H2,1-4H3,(H,27,31)/t22-/m0/s1. The second-order valence-electron chi connectivity index (χ2n) is 7.96. The van der Waals surface area contributed by atoms with Gasteiger partial charge in [0.25, 0.3) is 0 Å². The molecule has 0 aliphatic carbocycles. The van der Waals surface area contributed by atoms with Crippen LogP contribution in [0.4, 0.5) is 5.69 Å². The number of carbonyl (C=O) groups excluding carboxylic acids is 2. The molecule has 2 aromatic rings. The van der Waals surface area contributed by atoms with E-state index in [0.717, 1.165) is 22.5 Å². The first kappa shape index (κ1) is 28.7. The Morgan fingerprint density at radius 2 is 1.80 bits per heavy atom. The fraction of sp³-hybridized carbons (Fsp3) is 0.417. The zero-order valence-electron chi connectivity index (χ0n) is 20.3. The van der Waals surface area contributed by atoms with Gasteiger partial charge < -0.3 is 15.0 Å². The highest BCUT2D eigenvalue weighted by Gasteiger charge is 2.31. The summed E-state index contributed by atoms with van der Waals surface area (Å²) in [6.07, 6.45) is 2.09. The summed E-state index contributed by atoms with van der Waals surface area (Å²) in [7, 11) is -2.32. The summed E-state index contributed by atoms with van der Waals surface area (Å²) in [6, 6.07) is 10.7. The molecule has 11 heteroatoms. The molecule has 2 rings (SSSR count). The van der Waals surface area contributed by atoms with Crippen molar-refractivity contribution in [3.8, 4) is 5.75 Å². The van der Waals surface area contributed by atoms with Gasteiger partial charge in [-0.05, 0) is 48.7 Å². The summed E-state index contributed by atoms with van der Waals surface area (Å²) in [5.41, 5.74) is 0.931. The number of hydrogen-bond donors (Lipinski definition) is 1. The number of halogens is 2. The van der Waals surface area contributed by atoms with Crippen molar-refractivity contribution in [2.75, 3.05) is 30.8 Å². The first-order chi connectivity index (χ1) is 16.5. The minimum Gasteiger partial charge on any atom is -0.497 e.